The molecule has 0 aliphatic heterocycles. The van der Waals surface area contributed by atoms with E-state index in [-0.39, 0.29) is 5.91 Å². The summed E-state index contributed by atoms with van der Waals surface area (Å²) < 4.78 is 11.2. The lowest BCUT2D eigenvalue weighted by Crippen LogP contribution is -2.43. The van der Waals surface area contributed by atoms with Gasteiger partial charge in [-0.1, -0.05) is 20.3 Å². The minimum atomic E-state index is -0.774. The van der Waals surface area contributed by atoms with Gasteiger partial charge in [-0.25, -0.2) is 0 Å². The lowest BCUT2D eigenvalue weighted by Gasteiger charge is -2.28. The quantitative estimate of drug-likeness (QED) is 0.748. The molecule has 0 saturated heterocycles. The van der Waals surface area contributed by atoms with Crippen LogP contribution in [0.5, 0.6) is 5.75 Å². The Labute approximate surface area is 127 Å². The molecule has 0 unspecified atom stereocenters. The zero-order chi connectivity index (χ0) is 15.7. The summed E-state index contributed by atoms with van der Waals surface area (Å²) in [5.74, 6) is 0.705. The van der Waals surface area contributed by atoms with Crippen LogP contribution < -0.4 is 10.1 Å². The molecule has 0 bridgehead atoms. The van der Waals surface area contributed by atoms with E-state index in [4.69, 9.17) is 9.47 Å². The fraction of sp³-hybridized carbons (Fsp3) is 0.588. The topological polar surface area (TPSA) is 47.6 Å². The predicted octanol–water partition coefficient (Wildman–Crippen LogP) is 4.01. The number of carbonyl (C=O) groups excluding carboxylic acids is 1. The summed E-state index contributed by atoms with van der Waals surface area (Å²) in [5, 5.41) is 2.93. The van der Waals surface area contributed by atoms with E-state index in [1.54, 1.807) is 0 Å². The van der Waals surface area contributed by atoms with Crippen LogP contribution in [0.3, 0.4) is 0 Å². The monoisotopic (exact) mass is 293 g/mol. The number of nitrogens with one attached hydrogen (secondary N) is 1. The minimum Gasteiger partial charge on any atom is -0.494 e. The van der Waals surface area contributed by atoms with Crippen LogP contribution in [0.2, 0.25) is 0 Å². The molecule has 0 aromatic heterocycles. The molecule has 0 fully saturated rings. The lowest BCUT2D eigenvalue weighted by molar-refractivity contribution is -0.140. The zero-order valence-electron chi connectivity index (χ0n) is 13.6. The van der Waals surface area contributed by atoms with Gasteiger partial charge in [-0.15, -0.1) is 0 Å². The summed E-state index contributed by atoms with van der Waals surface area (Å²) in [4.78, 5) is 12.5. The van der Waals surface area contributed by atoms with Gasteiger partial charge in [0, 0.05) is 12.3 Å². The van der Waals surface area contributed by atoms with Crippen LogP contribution >= 0.6 is 0 Å². The summed E-state index contributed by atoms with van der Waals surface area (Å²) in [5.41, 5.74) is -0.0190. The van der Waals surface area contributed by atoms with E-state index in [1.165, 1.54) is 0 Å². The Morgan fingerprint density at radius 1 is 1.14 bits per heavy atom. The largest absolute Gasteiger partial charge is 0.494 e. The van der Waals surface area contributed by atoms with Crippen LogP contribution in [0.4, 0.5) is 5.69 Å². The van der Waals surface area contributed by atoms with Crippen molar-refractivity contribution in [1.29, 1.82) is 0 Å². The first kappa shape index (κ1) is 17.5. The van der Waals surface area contributed by atoms with E-state index in [1.807, 2.05) is 45.0 Å². The molecule has 0 heterocycles. The van der Waals surface area contributed by atoms with Crippen LogP contribution in [0, 0.1) is 0 Å². The highest BCUT2D eigenvalue weighted by atomic mass is 16.5. The smallest absolute Gasteiger partial charge is 0.256 e. The summed E-state index contributed by atoms with van der Waals surface area (Å²) >= 11 is 0. The Morgan fingerprint density at radius 2 is 1.81 bits per heavy atom. The fourth-order valence-electron chi connectivity index (χ4n) is 2.12. The second-order valence-electron chi connectivity index (χ2n) is 5.24. The Morgan fingerprint density at radius 3 is 2.33 bits per heavy atom. The second kappa shape index (κ2) is 8.67. The SMILES string of the molecule is CCCO[C@@](C)(CCC)C(=O)Nc1ccc(OCC)cc1. The number of benzene rings is 1. The van der Waals surface area contributed by atoms with Gasteiger partial charge in [-0.2, -0.15) is 0 Å². The molecular formula is C17H27NO3. The average molecular weight is 293 g/mol. The van der Waals surface area contributed by atoms with E-state index in [0.717, 1.165) is 24.3 Å². The van der Waals surface area contributed by atoms with Gasteiger partial charge in [0.1, 0.15) is 11.4 Å². The average Bonchev–Trinajstić information content (AvgIpc) is 2.47. The summed E-state index contributed by atoms with van der Waals surface area (Å²) in [6.07, 6.45) is 2.50. The summed E-state index contributed by atoms with van der Waals surface area (Å²) in [6.45, 7) is 9.11. The predicted molar refractivity (Wildman–Crippen MR) is 85.8 cm³/mol. The third-order valence-corrected chi connectivity index (χ3v) is 3.26. The van der Waals surface area contributed by atoms with Crippen LogP contribution in [0.15, 0.2) is 24.3 Å². The molecule has 1 aromatic carbocycles. The highest BCUT2D eigenvalue weighted by Crippen LogP contribution is 2.22. The van der Waals surface area contributed by atoms with E-state index in [9.17, 15) is 4.79 Å². The molecule has 1 amide bonds. The highest BCUT2D eigenvalue weighted by Gasteiger charge is 2.33. The van der Waals surface area contributed by atoms with Gasteiger partial charge in [0.15, 0.2) is 0 Å². The molecule has 0 aliphatic carbocycles. The molecule has 21 heavy (non-hydrogen) atoms. The van der Waals surface area contributed by atoms with Crippen LogP contribution in [0.25, 0.3) is 0 Å². The summed E-state index contributed by atoms with van der Waals surface area (Å²) in [7, 11) is 0. The van der Waals surface area contributed by atoms with Crippen molar-refractivity contribution in [1.82, 2.24) is 0 Å². The van der Waals surface area contributed by atoms with Crippen LogP contribution in [-0.4, -0.2) is 24.7 Å². The third kappa shape index (κ3) is 5.38. The molecule has 0 spiro atoms. The first-order valence-corrected chi connectivity index (χ1v) is 7.74. The first-order chi connectivity index (χ1) is 10.1. The maximum absolute atomic E-state index is 12.5. The number of amides is 1. The third-order valence-electron chi connectivity index (χ3n) is 3.26. The van der Waals surface area contributed by atoms with Crippen LogP contribution in [0.1, 0.15) is 47.0 Å². The standard InChI is InChI=1S/C17H27NO3/c1-5-12-17(4,21-13-6-2)16(19)18-14-8-10-15(11-9-14)20-7-3/h8-11H,5-7,12-13H2,1-4H3,(H,18,19)/t17-/m0/s1. The molecule has 4 heteroatoms. The van der Waals surface area contributed by atoms with Gasteiger partial charge in [-0.05, 0) is 51.0 Å². The first-order valence-electron chi connectivity index (χ1n) is 7.74. The number of hydrogen-bond acceptors (Lipinski definition) is 3. The number of hydrogen-bond donors (Lipinski definition) is 1. The van der Waals surface area contributed by atoms with Gasteiger partial charge < -0.3 is 14.8 Å². The van der Waals surface area contributed by atoms with E-state index < -0.39 is 5.60 Å². The van der Waals surface area contributed by atoms with Gasteiger partial charge in [0.2, 0.25) is 0 Å². The molecule has 1 aromatic rings. The van der Waals surface area contributed by atoms with Crippen molar-refractivity contribution in [3.8, 4) is 5.75 Å². The van der Waals surface area contributed by atoms with Gasteiger partial charge in [-0.3, -0.25) is 4.79 Å². The molecule has 1 N–H and O–H groups in total. The van der Waals surface area contributed by atoms with Crippen molar-refractivity contribution >= 4 is 11.6 Å². The van der Waals surface area contributed by atoms with E-state index in [2.05, 4.69) is 12.2 Å². The highest BCUT2D eigenvalue weighted by molar-refractivity contribution is 5.97. The number of ether oxygens (including phenoxy) is 2. The number of rotatable bonds is 9. The summed E-state index contributed by atoms with van der Waals surface area (Å²) in [6, 6.07) is 7.39. The zero-order valence-corrected chi connectivity index (χ0v) is 13.6. The van der Waals surface area contributed by atoms with E-state index >= 15 is 0 Å². The van der Waals surface area contributed by atoms with Crippen LogP contribution in [-0.2, 0) is 9.53 Å². The second-order valence-corrected chi connectivity index (χ2v) is 5.24. The molecule has 0 aliphatic rings. The lowest BCUT2D eigenvalue weighted by atomic mass is 9.99. The van der Waals surface area contributed by atoms with Crippen molar-refractivity contribution in [3.63, 3.8) is 0 Å². The van der Waals surface area contributed by atoms with Crippen molar-refractivity contribution in [2.45, 2.75) is 52.6 Å². The minimum absolute atomic E-state index is 0.0954. The molecule has 4 nitrogen and oxygen atoms in total. The van der Waals surface area contributed by atoms with Gasteiger partial charge in [0.25, 0.3) is 5.91 Å². The van der Waals surface area contributed by atoms with Crippen molar-refractivity contribution in [2.24, 2.45) is 0 Å². The maximum atomic E-state index is 12.5. The molecule has 0 radical (unpaired) electrons. The van der Waals surface area contributed by atoms with E-state index in [0.29, 0.717) is 19.6 Å². The molecular weight excluding hydrogens is 266 g/mol. The Bertz CT molecular complexity index is 430. The number of carbonyl (C=O) groups is 1. The molecule has 1 rings (SSSR count). The fourth-order valence-corrected chi connectivity index (χ4v) is 2.12. The van der Waals surface area contributed by atoms with Crippen molar-refractivity contribution in [3.05, 3.63) is 24.3 Å². The Hall–Kier alpha value is -1.55. The Balaban J connectivity index is 2.71. The Kier molecular flexibility index (Phi) is 7.23. The molecule has 0 saturated carbocycles. The maximum Gasteiger partial charge on any atom is 0.256 e. The van der Waals surface area contributed by atoms with Gasteiger partial charge in [0.05, 0.1) is 6.61 Å². The molecule has 118 valence electrons. The van der Waals surface area contributed by atoms with Crippen molar-refractivity contribution < 1.29 is 14.3 Å². The number of anilines is 1. The van der Waals surface area contributed by atoms with Crippen molar-refractivity contribution in [2.75, 3.05) is 18.5 Å². The molecule has 1 atom stereocenters. The van der Waals surface area contributed by atoms with Gasteiger partial charge >= 0.3 is 0 Å². The normalized spacial score (nSPS) is 13.5.